The lowest BCUT2D eigenvalue weighted by Crippen LogP contribution is -2.36. The molecule has 5 heteroatoms. The molecule has 1 aromatic rings. The first-order valence-electron chi connectivity index (χ1n) is 6.84. The molecule has 1 aromatic carbocycles. The molecule has 0 atom stereocenters. The number of nitrogens with zero attached hydrogens (tertiary/aromatic N) is 1. The summed E-state index contributed by atoms with van der Waals surface area (Å²) in [6.45, 7) is 6.76. The van der Waals surface area contributed by atoms with Crippen molar-refractivity contribution in [1.29, 1.82) is 0 Å². The van der Waals surface area contributed by atoms with Gasteiger partial charge in [0.05, 0.1) is 20.8 Å². The van der Waals surface area contributed by atoms with Crippen LogP contribution in [0.3, 0.4) is 0 Å². The summed E-state index contributed by atoms with van der Waals surface area (Å²) in [6.07, 6.45) is 0. The smallest absolute Gasteiger partial charge is 0.234 e. The molecule has 0 heterocycles. The molecule has 0 fully saturated rings. The molecule has 1 amide bonds. The largest absolute Gasteiger partial charge is 0.493 e. The van der Waals surface area contributed by atoms with Gasteiger partial charge < -0.3 is 14.8 Å². The van der Waals surface area contributed by atoms with Gasteiger partial charge in [0, 0.05) is 6.54 Å². The van der Waals surface area contributed by atoms with E-state index in [1.807, 2.05) is 32.0 Å². The Morgan fingerprint density at radius 3 is 2.35 bits per heavy atom. The molecular formula is C15H24N2O3. The third-order valence-electron chi connectivity index (χ3n) is 3.20. The Hall–Kier alpha value is -1.75. The van der Waals surface area contributed by atoms with Crippen LogP contribution in [0.25, 0.3) is 0 Å². The van der Waals surface area contributed by atoms with E-state index in [2.05, 4.69) is 10.2 Å². The number of carbonyl (C=O) groups excluding carboxylic acids is 1. The molecule has 112 valence electrons. The van der Waals surface area contributed by atoms with Gasteiger partial charge in [-0.15, -0.1) is 0 Å². The number of nitrogens with one attached hydrogen (secondary N) is 1. The quantitative estimate of drug-likeness (QED) is 0.787. The number of carbonyl (C=O) groups is 1. The van der Waals surface area contributed by atoms with Gasteiger partial charge in [0.2, 0.25) is 5.91 Å². The summed E-state index contributed by atoms with van der Waals surface area (Å²) >= 11 is 0. The minimum atomic E-state index is 0.0310. The Balaban J connectivity index is 2.55. The van der Waals surface area contributed by atoms with Crippen LogP contribution in [0.15, 0.2) is 18.2 Å². The van der Waals surface area contributed by atoms with Crippen LogP contribution in [0.1, 0.15) is 19.4 Å². The molecule has 0 saturated heterocycles. The molecule has 1 rings (SSSR count). The molecule has 0 aromatic heterocycles. The highest BCUT2D eigenvalue weighted by molar-refractivity contribution is 5.78. The van der Waals surface area contributed by atoms with E-state index in [0.29, 0.717) is 24.6 Å². The van der Waals surface area contributed by atoms with E-state index >= 15 is 0 Å². The van der Waals surface area contributed by atoms with Gasteiger partial charge >= 0.3 is 0 Å². The third kappa shape index (κ3) is 4.74. The maximum atomic E-state index is 11.8. The molecule has 0 radical (unpaired) electrons. The minimum absolute atomic E-state index is 0.0310. The predicted octanol–water partition coefficient (Wildman–Crippen LogP) is 1.66. The molecule has 0 bridgehead atoms. The third-order valence-corrected chi connectivity index (χ3v) is 3.20. The number of hydrogen-bond donors (Lipinski definition) is 1. The molecule has 0 unspecified atom stereocenters. The highest BCUT2D eigenvalue weighted by Crippen LogP contribution is 2.27. The molecule has 0 aliphatic carbocycles. The fourth-order valence-electron chi connectivity index (χ4n) is 1.90. The van der Waals surface area contributed by atoms with Crippen molar-refractivity contribution in [2.45, 2.75) is 20.4 Å². The van der Waals surface area contributed by atoms with Crippen LogP contribution in [0, 0.1) is 0 Å². The van der Waals surface area contributed by atoms with Crippen LogP contribution in [-0.2, 0) is 11.3 Å². The van der Waals surface area contributed by atoms with E-state index in [0.717, 1.165) is 18.7 Å². The first kappa shape index (κ1) is 16.3. The van der Waals surface area contributed by atoms with Crippen molar-refractivity contribution in [1.82, 2.24) is 10.2 Å². The molecule has 5 nitrogen and oxygen atoms in total. The van der Waals surface area contributed by atoms with Gasteiger partial charge in [-0.3, -0.25) is 9.69 Å². The molecule has 1 N–H and O–H groups in total. The molecular weight excluding hydrogens is 256 g/mol. The Kier molecular flexibility index (Phi) is 6.87. The van der Waals surface area contributed by atoms with Crippen LogP contribution in [0.2, 0.25) is 0 Å². The zero-order valence-electron chi connectivity index (χ0n) is 12.7. The highest BCUT2D eigenvalue weighted by atomic mass is 16.5. The number of rotatable bonds is 8. The van der Waals surface area contributed by atoms with Crippen LogP contribution in [0.5, 0.6) is 11.5 Å². The minimum Gasteiger partial charge on any atom is -0.493 e. The molecule has 20 heavy (non-hydrogen) atoms. The highest BCUT2D eigenvalue weighted by Gasteiger charge is 2.08. The summed E-state index contributed by atoms with van der Waals surface area (Å²) in [6, 6.07) is 5.63. The van der Waals surface area contributed by atoms with Crippen LogP contribution >= 0.6 is 0 Å². The second-order valence-electron chi connectivity index (χ2n) is 4.43. The van der Waals surface area contributed by atoms with E-state index in [-0.39, 0.29) is 5.91 Å². The van der Waals surface area contributed by atoms with Crippen molar-refractivity contribution in [3.63, 3.8) is 0 Å². The lowest BCUT2D eigenvalue weighted by Gasteiger charge is -2.17. The van der Waals surface area contributed by atoms with Gasteiger partial charge in [0.25, 0.3) is 0 Å². The Bertz CT molecular complexity index is 431. The second kappa shape index (κ2) is 8.43. The average Bonchev–Trinajstić information content (AvgIpc) is 2.50. The first-order chi connectivity index (χ1) is 9.64. The topological polar surface area (TPSA) is 50.8 Å². The van der Waals surface area contributed by atoms with Crippen molar-refractivity contribution in [2.24, 2.45) is 0 Å². The summed E-state index contributed by atoms with van der Waals surface area (Å²) in [5.74, 6) is 1.39. The summed E-state index contributed by atoms with van der Waals surface area (Å²) in [7, 11) is 3.20. The standard InChI is InChI=1S/C15H24N2O3/c1-5-17(6-2)11-15(18)16-10-12-7-8-13(19-3)14(9-12)20-4/h7-9H,5-6,10-11H2,1-4H3,(H,16,18). The van der Waals surface area contributed by atoms with E-state index in [1.165, 1.54) is 0 Å². The summed E-state index contributed by atoms with van der Waals surface area (Å²) < 4.78 is 10.4. The Morgan fingerprint density at radius 1 is 1.15 bits per heavy atom. The maximum Gasteiger partial charge on any atom is 0.234 e. The van der Waals surface area contributed by atoms with Gasteiger partial charge in [-0.1, -0.05) is 19.9 Å². The monoisotopic (exact) mass is 280 g/mol. The normalized spacial score (nSPS) is 10.4. The Labute approximate surface area is 120 Å². The van der Waals surface area contributed by atoms with Crippen LogP contribution in [0.4, 0.5) is 0 Å². The van der Waals surface area contributed by atoms with E-state index in [9.17, 15) is 4.79 Å². The lowest BCUT2D eigenvalue weighted by atomic mass is 10.2. The van der Waals surface area contributed by atoms with E-state index in [4.69, 9.17) is 9.47 Å². The van der Waals surface area contributed by atoms with E-state index in [1.54, 1.807) is 14.2 Å². The van der Waals surface area contributed by atoms with Gasteiger partial charge in [-0.25, -0.2) is 0 Å². The molecule has 0 saturated carbocycles. The molecule has 0 aliphatic heterocycles. The number of ether oxygens (including phenoxy) is 2. The van der Waals surface area contributed by atoms with Gasteiger partial charge in [-0.05, 0) is 30.8 Å². The van der Waals surface area contributed by atoms with Crippen molar-refractivity contribution in [3.8, 4) is 11.5 Å². The SMILES string of the molecule is CCN(CC)CC(=O)NCc1ccc(OC)c(OC)c1. The molecule has 0 aliphatic rings. The number of methoxy groups -OCH3 is 2. The number of amides is 1. The summed E-state index contributed by atoms with van der Waals surface area (Å²) in [4.78, 5) is 13.9. The van der Waals surface area contributed by atoms with Crippen molar-refractivity contribution < 1.29 is 14.3 Å². The van der Waals surface area contributed by atoms with Crippen LogP contribution < -0.4 is 14.8 Å². The summed E-state index contributed by atoms with van der Waals surface area (Å²) in [5.41, 5.74) is 0.982. The first-order valence-corrected chi connectivity index (χ1v) is 6.84. The average molecular weight is 280 g/mol. The number of benzene rings is 1. The fraction of sp³-hybridized carbons (Fsp3) is 0.533. The van der Waals surface area contributed by atoms with E-state index < -0.39 is 0 Å². The van der Waals surface area contributed by atoms with Gasteiger partial charge in [0.15, 0.2) is 11.5 Å². The zero-order chi connectivity index (χ0) is 15.0. The van der Waals surface area contributed by atoms with Gasteiger partial charge in [0.1, 0.15) is 0 Å². The fourth-order valence-corrected chi connectivity index (χ4v) is 1.90. The number of likely N-dealkylation sites (N-methyl/N-ethyl adjacent to an activating group) is 1. The maximum absolute atomic E-state index is 11.8. The van der Waals surface area contributed by atoms with Crippen molar-refractivity contribution in [3.05, 3.63) is 23.8 Å². The summed E-state index contributed by atoms with van der Waals surface area (Å²) in [5, 5.41) is 2.91. The van der Waals surface area contributed by atoms with Crippen molar-refractivity contribution in [2.75, 3.05) is 33.9 Å². The zero-order valence-corrected chi connectivity index (χ0v) is 12.7. The van der Waals surface area contributed by atoms with Crippen LogP contribution in [-0.4, -0.2) is 44.7 Å². The lowest BCUT2D eigenvalue weighted by molar-refractivity contribution is -0.122. The van der Waals surface area contributed by atoms with Crippen molar-refractivity contribution >= 4 is 5.91 Å². The van der Waals surface area contributed by atoms with Gasteiger partial charge in [-0.2, -0.15) is 0 Å². The predicted molar refractivity (Wildman–Crippen MR) is 79.2 cm³/mol. The second-order valence-corrected chi connectivity index (χ2v) is 4.43. The number of hydrogen-bond acceptors (Lipinski definition) is 4. The Morgan fingerprint density at radius 2 is 1.80 bits per heavy atom. The molecule has 0 spiro atoms.